The maximum Gasteiger partial charge on any atom is 0.143 e. The highest BCUT2D eigenvalue weighted by molar-refractivity contribution is 14.1. The molecule has 0 saturated heterocycles. The molecule has 18 heavy (non-hydrogen) atoms. The van der Waals surface area contributed by atoms with Crippen molar-refractivity contribution < 1.29 is 0 Å². The summed E-state index contributed by atoms with van der Waals surface area (Å²) in [5.74, 6) is 4.71. The molecule has 0 amide bonds. The predicted octanol–water partition coefficient (Wildman–Crippen LogP) is 4.10. The van der Waals surface area contributed by atoms with Crippen LogP contribution in [0.2, 0.25) is 0 Å². The first-order valence-electron chi connectivity index (χ1n) is 6.39. The van der Waals surface area contributed by atoms with E-state index in [0.717, 1.165) is 51.3 Å². The lowest BCUT2D eigenvalue weighted by molar-refractivity contribution is 0.749. The van der Waals surface area contributed by atoms with Crippen LogP contribution in [0.25, 0.3) is 0 Å². The van der Waals surface area contributed by atoms with Gasteiger partial charge in [0.25, 0.3) is 0 Å². The largest absolute Gasteiger partial charge is 0.369 e. The topological polar surface area (TPSA) is 37.8 Å². The first kappa shape index (κ1) is 16.0. The molecule has 0 radical (unpaired) electrons. The molecule has 0 bridgehead atoms. The van der Waals surface area contributed by atoms with E-state index in [9.17, 15) is 0 Å². The molecule has 0 aliphatic carbocycles. The Hall–Kier alpha value is -0.0400. The van der Waals surface area contributed by atoms with Crippen molar-refractivity contribution in [1.82, 2.24) is 9.97 Å². The average Bonchev–Trinajstić information content (AvgIpc) is 2.31. The van der Waals surface area contributed by atoms with Crippen LogP contribution in [-0.4, -0.2) is 22.3 Å². The standard InChI is InChI=1S/C13H22IN3S/c1-5-6-15-13-12(14)10(4)16-11(17-13)8-18-7-9(2)3/h9H,5-8H2,1-4H3,(H,15,16,17). The highest BCUT2D eigenvalue weighted by Crippen LogP contribution is 2.21. The molecule has 102 valence electrons. The molecule has 3 nitrogen and oxygen atoms in total. The zero-order valence-electron chi connectivity index (χ0n) is 11.6. The van der Waals surface area contributed by atoms with Crippen LogP contribution in [-0.2, 0) is 5.75 Å². The van der Waals surface area contributed by atoms with Gasteiger partial charge in [0.1, 0.15) is 11.6 Å². The second-order valence-corrected chi connectivity index (χ2v) is 6.83. The summed E-state index contributed by atoms with van der Waals surface area (Å²) in [7, 11) is 0. The summed E-state index contributed by atoms with van der Waals surface area (Å²) in [5.41, 5.74) is 1.07. The van der Waals surface area contributed by atoms with Crippen LogP contribution in [0.4, 0.5) is 5.82 Å². The van der Waals surface area contributed by atoms with Gasteiger partial charge >= 0.3 is 0 Å². The number of thioether (sulfide) groups is 1. The molecule has 1 aromatic heterocycles. The number of anilines is 1. The lowest BCUT2D eigenvalue weighted by Gasteiger charge is -2.11. The van der Waals surface area contributed by atoms with Gasteiger partial charge in [0.05, 0.1) is 15.0 Å². The molecule has 0 unspecified atom stereocenters. The normalized spacial score (nSPS) is 11.0. The molecule has 1 aromatic rings. The minimum atomic E-state index is 0.720. The van der Waals surface area contributed by atoms with Crippen molar-refractivity contribution in [2.45, 2.75) is 39.9 Å². The van der Waals surface area contributed by atoms with E-state index in [4.69, 9.17) is 0 Å². The quantitative estimate of drug-likeness (QED) is 0.724. The fourth-order valence-electron chi connectivity index (χ4n) is 1.43. The number of hydrogen-bond donors (Lipinski definition) is 1. The summed E-state index contributed by atoms with van der Waals surface area (Å²) in [6.45, 7) is 9.65. The third kappa shape index (κ3) is 5.30. The fourth-order valence-corrected chi connectivity index (χ4v) is 2.76. The third-order valence-electron chi connectivity index (χ3n) is 2.29. The number of hydrogen-bond acceptors (Lipinski definition) is 4. The number of nitrogens with zero attached hydrogens (tertiary/aromatic N) is 2. The Bertz CT molecular complexity index is 383. The SMILES string of the molecule is CCCNc1nc(CSCC(C)C)nc(C)c1I. The smallest absolute Gasteiger partial charge is 0.143 e. The minimum Gasteiger partial charge on any atom is -0.369 e. The van der Waals surface area contributed by atoms with E-state index in [1.165, 1.54) is 0 Å². The summed E-state index contributed by atoms with van der Waals surface area (Å²) >= 11 is 4.22. The number of aromatic nitrogens is 2. The molecular weight excluding hydrogens is 357 g/mol. The predicted molar refractivity (Wildman–Crippen MR) is 89.3 cm³/mol. The Morgan fingerprint density at radius 2 is 2.06 bits per heavy atom. The van der Waals surface area contributed by atoms with Crippen molar-refractivity contribution in [3.8, 4) is 0 Å². The lowest BCUT2D eigenvalue weighted by atomic mass is 10.3. The maximum atomic E-state index is 4.62. The second-order valence-electron chi connectivity index (χ2n) is 4.72. The monoisotopic (exact) mass is 379 g/mol. The number of rotatable bonds is 7. The molecule has 0 aliphatic rings. The zero-order chi connectivity index (χ0) is 13.5. The molecule has 0 atom stereocenters. The molecule has 1 heterocycles. The Balaban J connectivity index is 2.70. The van der Waals surface area contributed by atoms with Gasteiger partial charge in [0, 0.05) is 6.54 Å². The lowest BCUT2D eigenvalue weighted by Crippen LogP contribution is -2.09. The van der Waals surface area contributed by atoms with Crippen molar-refractivity contribution in [3.63, 3.8) is 0 Å². The van der Waals surface area contributed by atoms with E-state index in [1.54, 1.807) is 0 Å². The van der Waals surface area contributed by atoms with Crippen LogP contribution in [0.15, 0.2) is 0 Å². The van der Waals surface area contributed by atoms with Gasteiger partial charge in [-0.2, -0.15) is 11.8 Å². The highest BCUT2D eigenvalue weighted by atomic mass is 127. The second kappa shape index (κ2) is 8.19. The maximum absolute atomic E-state index is 4.62. The van der Waals surface area contributed by atoms with Crippen LogP contribution in [0.3, 0.4) is 0 Å². The van der Waals surface area contributed by atoms with Gasteiger partial charge in [0.15, 0.2) is 0 Å². The average molecular weight is 379 g/mol. The van der Waals surface area contributed by atoms with Gasteiger partial charge < -0.3 is 5.32 Å². The van der Waals surface area contributed by atoms with Crippen molar-refractivity contribution in [2.75, 3.05) is 17.6 Å². The Labute approximate surface area is 128 Å². The van der Waals surface area contributed by atoms with E-state index in [2.05, 4.69) is 65.6 Å². The van der Waals surface area contributed by atoms with Gasteiger partial charge in [-0.1, -0.05) is 20.8 Å². The van der Waals surface area contributed by atoms with Crippen molar-refractivity contribution >= 4 is 40.2 Å². The van der Waals surface area contributed by atoms with Crippen LogP contribution in [0, 0.1) is 16.4 Å². The van der Waals surface area contributed by atoms with E-state index in [0.29, 0.717) is 0 Å². The number of aryl methyl sites for hydroxylation is 1. The molecular formula is C13H22IN3S. The van der Waals surface area contributed by atoms with E-state index in [1.807, 2.05) is 11.8 Å². The first-order valence-corrected chi connectivity index (χ1v) is 8.62. The number of nitrogens with one attached hydrogen (secondary N) is 1. The summed E-state index contributed by atoms with van der Waals surface area (Å²) in [5, 5.41) is 3.38. The van der Waals surface area contributed by atoms with Gasteiger partial charge in [-0.05, 0) is 47.6 Å². The molecule has 1 N–H and O–H groups in total. The van der Waals surface area contributed by atoms with E-state index in [-0.39, 0.29) is 0 Å². The van der Waals surface area contributed by atoms with Gasteiger partial charge in [-0.3, -0.25) is 0 Å². The number of halogens is 1. The zero-order valence-corrected chi connectivity index (χ0v) is 14.6. The summed E-state index contributed by atoms with van der Waals surface area (Å²) in [6, 6.07) is 0. The Morgan fingerprint density at radius 3 is 2.67 bits per heavy atom. The van der Waals surface area contributed by atoms with Crippen LogP contribution >= 0.6 is 34.4 Å². The summed E-state index contributed by atoms with van der Waals surface area (Å²) < 4.78 is 1.14. The van der Waals surface area contributed by atoms with Gasteiger partial charge in [-0.25, -0.2) is 9.97 Å². The van der Waals surface area contributed by atoms with Crippen LogP contribution in [0.1, 0.15) is 38.7 Å². The summed E-state index contributed by atoms with van der Waals surface area (Å²) in [6.07, 6.45) is 1.11. The Morgan fingerprint density at radius 1 is 1.33 bits per heavy atom. The molecule has 0 aliphatic heterocycles. The molecule has 1 rings (SSSR count). The molecule has 0 fully saturated rings. The van der Waals surface area contributed by atoms with Crippen LogP contribution < -0.4 is 5.32 Å². The fraction of sp³-hybridized carbons (Fsp3) is 0.692. The van der Waals surface area contributed by atoms with Crippen molar-refractivity contribution in [1.29, 1.82) is 0 Å². The third-order valence-corrected chi connectivity index (χ3v) is 4.94. The van der Waals surface area contributed by atoms with Gasteiger partial charge in [0.2, 0.25) is 0 Å². The van der Waals surface area contributed by atoms with Crippen LogP contribution in [0.5, 0.6) is 0 Å². The first-order chi connectivity index (χ1) is 8.54. The Kier molecular flexibility index (Phi) is 7.29. The molecule has 0 spiro atoms. The highest BCUT2D eigenvalue weighted by Gasteiger charge is 2.09. The van der Waals surface area contributed by atoms with Crippen molar-refractivity contribution in [2.24, 2.45) is 5.92 Å². The molecule has 0 aromatic carbocycles. The van der Waals surface area contributed by atoms with Gasteiger partial charge in [-0.15, -0.1) is 0 Å². The molecule has 5 heteroatoms. The van der Waals surface area contributed by atoms with Crippen molar-refractivity contribution in [3.05, 3.63) is 15.1 Å². The van der Waals surface area contributed by atoms with E-state index >= 15 is 0 Å². The van der Waals surface area contributed by atoms with E-state index < -0.39 is 0 Å². The summed E-state index contributed by atoms with van der Waals surface area (Å²) in [4.78, 5) is 9.18. The minimum absolute atomic E-state index is 0.720. The molecule has 0 saturated carbocycles.